The molecule has 0 radical (unpaired) electrons. The van der Waals surface area contributed by atoms with Crippen molar-refractivity contribution in [2.45, 2.75) is 32.0 Å². The van der Waals surface area contributed by atoms with Gasteiger partial charge in [-0.3, -0.25) is 14.2 Å². The van der Waals surface area contributed by atoms with E-state index in [1.54, 1.807) is 22.6 Å². The molecule has 0 bridgehead atoms. The maximum atomic E-state index is 12.8. The van der Waals surface area contributed by atoms with Gasteiger partial charge in [0, 0.05) is 33.4 Å². The van der Waals surface area contributed by atoms with Gasteiger partial charge in [0.05, 0.1) is 16.7 Å². The third-order valence-corrected chi connectivity index (χ3v) is 4.96. The lowest BCUT2D eigenvalue weighted by atomic mass is 10.2. The maximum absolute atomic E-state index is 12.8. The van der Waals surface area contributed by atoms with Gasteiger partial charge in [0.2, 0.25) is 5.91 Å². The van der Waals surface area contributed by atoms with Gasteiger partial charge in [-0.25, -0.2) is 4.98 Å². The van der Waals surface area contributed by atoms with Crippen LogP contribution in [0.25, 0.3) is 10.9 Å². The number of amides is 1. The molecule has 0 atom stereocenters. The summed E-state index contributed by atoms with van der Waals surface area (Å²) < 4.78 is 6.74. The second-order valence-corrected chi connectivity index (χ2v) is 6.51. The van der Waals surface area contributed by atoms with Gasteiger partial charge in [0.1, 0.15) is 0 Å². The summed E-state index contributed by atoms with van der Waals surface area (Å²) in [4.78, 5) is 31.5. The molecular weight excluding hydrogens is 338 g/mol. The van der Waals surface area contributed by atoms with Gasteiger partial charge in [-0.1, -0.05) is 23.9 Å². The molecule has 0 spiro atoms. The quantitative estimate of drug-likeness (QED) is 0.389. The van der Waals surface area contributed by atoms with Crippen LogP contribution in [0.1, 0.15) is 20.3 Å². The molecule has 0 fully saturated rings. The average Bonchev–Trinajstić information content (AvgIpc) is 2.63. The monoisotopic (exact) mass is 363 g/mol. The van der Waals surface area contributed by atoms with Gasteiger partial charge in [0.15, 0.2) is 5.16 Å². The Morgan fingerprint density at radius 2 is 2.00 bits per heavy atom. The SMILES string of the molecule is CCN(CC)C(=O)CSc1nc2ccccc2c(=O)n1CCCOC. The van der Waals surface area contributed by atoms with Crippen LogP contribution in [0, 0.1) is 0 Å². The van der Waals surface area contributed by atoms with Gasteiger partial charge >= 0.3 is 0 Å². The molecule has 7 heteroatoms. The Balaban J connectivity index is 2.30. The first-order valence-electron chi connectivity index (χ1n) is 8.51. The van der Waals surface area contributed by atoms with Crippen molar-refractivity contribution in [2.24, 2.45) is 0 Å². The highest BCUT2D eigenvalue weighted by Crippen LogP contribution is 2.18. The number of hydrogen-bond donors (Lipinski definition) is 0. The summed E-state index contributed by atoms with van der Waals surface area (Å²) >= 11 is 1.32. The molecule has 2 aromatic rings. The van der Waals surface area contributed by atoms with Crippen LogP contribution in [0.5, 0.6) is 0 Å². The minimum absolute atomic E-state index is 0.0563. The minimum Gasteiger partial charge on any atom is -0.385 e. The van der Waals surface area contributed by atoms with Gasteiger partial charge in [0.25, 0.3) is 5.56 Å². The van der Waals surface area contributed by atoms with E-state index in [0.29, 0.717) is 48.7 Å². The fourth-order valence-corrected chi connectivity index (χ4v) is 3.54. The predicted molar refractivity (Wildman–Crippen MR) is 101 cm³/mol. The molecule has 25 heavy (non-hydrogen) atoms. The molecule has 0 saturated carbocycles. The van der Waals surface area contributed by atoms with Crippen LogP contribution < -0.4 is 5.56 Å². The number of aromatic nitrogens is 2. The Morgan fingerprint density at radius 1 is 1.28 bits per heavy atom. The van der Waals surface area contributed by atoms with E-state index in [1.807, 2.05) is 32.0 Å². The molecule has 0 unspecified atom stereocenters. The maximum Gasteiger partial charge on any atom is 0.262 e. The van der Waals surface area contributed by atoms with Crippen molar-refractivity contribution in [3.05, 3.63) is 34.6 Å². The number of nitrogens with zero attached hydrogens (tertiary/aromatic N) is 3. The van der Waals surface area contributed by atoms with E-state index in [4.69, 9.17) is 4.74 Å². The van der Waals surface area contributed by atoms with Crippen molar-refractivity contribution in [3.63, 3.8) is 0 Å². The second kappa shape index (κ2) is 9.58. The molecule has 0 aliphatic rings. The molecule has 0 saturated heterocycles. The first kappa shape index (κ1) is 19.5. The van der Waals surface area contributed by atoms with Crippen molar-refractivity contribution >= 4 is 28.6 Å². The number of methoxy groups -OCH3 is 1. The van der Waals surface area contributed by atoms with Crippen molar-refractivity contribution < 1.29 is 9.53 Å². The van der Waals surface area contributed by atoms with Crippen LogP contribution in [-0.2, 0) is 16.1 Å². The Kier molecular flexibility index (Phi) is 7.46. The van der Waals surface area contributed by atoms with E-state index >= 15 is 0 Å². The van der Waals surface area contributed by atoms with Crippen molar-refractivity contribution in [3.8, 4) is 0 Å². The highest BCUT2D eigenvalue weighted by Gasteiger charge is 2.15. The minimum atomic E-state index is -0.0699. The second-order valence-electron chi connectivity index (χ2n) is 5.57. The molecule has 1 amide bonds. The van der Waals surface area contributed by atoms with Crippen molar-refractivity contribution in [1.82, 2.24) is 14.5 Å². The Morgan fingerprint density at radius 3 is 2.68 bits per heavy atom. The third kappa shape index (κ3) is 4.83. The largest absolute Gasteiger partial charge is 0.385 e. The molecule has 0 N–H and O–H groups in total. The first-order chi connectivity index (χ1) is 12.1. The number of carbonyl (C=O) groups is 1. The number of carbonyl (C=O) groups excluding carboxylic acids is 1. The summed E-state index contributed by atoms with van der Waals surface area (Å²) in [7, 11) is 1.64. The van der Waals surface area contributed by atoms with E-state index in [0.717, 1.165) is 0 Å². The summed E-state index contributed by atoms with van der Waals surface area (Å²) in [5, 5.41) is 1.18. The van der Waals surface area contributed by atoms with Crippen LogP contribution >= 0.6 is 11.8 Å². The molecule has 136 valence electrons. The number of thioether (sulfide) groups is 1. The van der Waals surface area contributed by atoms with E-state index < -0.39 is 0 Å². The number of ether oxygens (including phenoxy) is 1. The lowest BCUT2D eigenvalue weighted by Crippen LogP contribution is -2.32. The fraction of sp³-hybridized carbons (Fsp3) is 0.500. The van der Waals surface area contributed by atoms with Crippen LogP contribution in [0.2, 0.25) is 0 Å². The van der Waals surface area contributed by atoms with Gasteiger partial charge in [-0.2, -0.15) is 0 Å². The highest BCUT2D eigenvalue weighted by atomic mass is 32.2. The molecule has 1 aromatic carbocycles. The summed E-state index contributed by atoms with van der Waals surface area (Å²) in [6, 6.07) is 7.31. The molecule has 1 heterocycles. The number of fused-ring (bicyclic) bond motifs is 1. The van der Waals surface area contributed by atoms with Crippen molar-refractivity contribution in [1.29, 1.82) is 0 Å². The highest BCUT2D eigenvalue weighted by molar-refractivity contribution is 7.99. The van der Waals surface area contributed by atoms with Crippen LogP contribution in [0.15, 0.2) is 34.2 Å². The number of benzene rings is 1. The predicted octanol–water partition coefficient (Wildman–Crippen LogP) is 2.39. The molecule has 2 rings (SSSR count). The van der Waals surface area contributed by atoms with Crippen LogP contribution in [0.3, 0.4) is 0 Å². The standard InChI is InChI=1S/C18H25N3O3S/c1-4-20(5-2)16(22)13-25-18-19-15-10-7-6-9-14(15)17(23)21(18)11-8-12-24-3/h6-7,9-10H,4-5,8,11-13H2,1-3H3. The lowest BCUT2D eigenvalue weighted by molar-refractivity contribution is -0.127. The Bertz CT molecular complexity index is 772. The molecule has 6 nitrogen and oxygen atoms in total. The summed E-state index contributed by atoms with van der Waals surface area (Å²) in [6.07, 6.45) is 0.716. The zero-order valence-electron chi connectivity index (χ0n) is 15.0. The number of para-hydroxylation sites is 1. The Hall–Kier alpha value is -1.86. The molecule has 0 aliphatic heterocycles. The van der Waals surface area contributed by atoms with Gasteiger partial charge in [-0.15, -0.1) is 0 Å². The third-order valence-electron chi connectivity index (χ3n) is 4.00. The fourth-order valence-electron chi connectivity index (χ4n) is 2.62. The van der Waals surface area contributed by atoms with E-state index in [9.17, 15) is 9.59 Å². The number of rotatable bonds is 9. The lowest BCUT2D eigenvalue weighted by Gasteiger charge is -2.19. The van der Waals surface area contributed by atoms with E-state index in [2.05, 4.69) is 4.98 Å². The molecule has 0 aliphatic carbocycles. The molecular formula is C18H25N3O3S. The van der Waals surface area contributed by atoms with Crippen LogP contribution in [-0.4, -0.2) is 52.9 Å². The van der Waals surface area contributed by atoms with Gasteiger partial charge in [-0.05, 0) is 32.4 Å². The Labute approximate surface area is 152 Å². The van der Waals surface area contributed by atoms with E-state index in [1.165, 1.54) is 11.8 Å². The van der Waals surface area contributed by atoms with E-state index in [-0.39, 0.29) is 17.2 Å². The van der Waals surface area contributed by atoms with Crippen LogP contribution in [0.4, 0.5) is 0 Å². The zero-order chi connectivity index (χ0) is 18.2. The summed E-state index contributed by atoms with van der Waals surface area (Å²) in [5.41, 5.74) is 0.591. The topological polar surface area (TPSA) is 64.4 Å². The van der Waals surface area contributed by atoms with Crippen molar-refractivity contribution in [2.75, 3.05) is 32.6 Å². The molecule has 1 aromatic heterocycles. The average molecular weight is 363 g/mol. The zero-order valence-corrected chi connectivity index (χ0v) is 15.8. The van der Waals surface area contributed by atoms with Gasteiger partial charge < -0.3 is 9.64 Å². The summed E-state index contributed by atoms with van der Waals surface area (Å²) in [5.74, 6) is 0.331. The summed E-state index contributed by atoms with van der Waals surface area (Å²) in [6.45, 7) is 6.37. The first-order valence-corrected chi connectivity index (χ1v) is 9.50. The normalized spacial score (nSPS) is 11.0. The number of hydrogen-bond acceptors (Lipinski definition) is 5. The smallest absolute Gasteiger partial charge is 0.262 e.